The Hall–Kier alpha value is -3.42. The molecule has 26 heavy (non-hydrogen) atoms. The predicted octanol–water partition coefficient (Wildman–Crippen LogP) is 1.64. The molecule has 3 aromatic rings. The second-order valence-electron chi connectivity index (χ2n) is 6.37. The number of carbonyl (C=O) groups is 2. The van der Waals surface area contributed by atoms with E-state index in [9.17, 15) is 29.4 Å². The number of aromatic nitrogens is 2. The Morgan fingerprint density at radius 3 is 1.85 bits per heavy atom. The molecule has 0 atom stereocenters. The summed E-state index contributed by atoms with van der Waals surface area (Å²) >= 11 is 0. The van der Waals surface area contributed by atoms with Crippen molar-refractivity contribution < 1.29 is 19.8 Å². The number of nitrogens with one attached hydrogen (secondary N) is 2. The third-order valence-electron chi connectivity index (χ3n) is 4.85. The second-order valence-corrected chi connectivity index (χ2v) is 6.37. The Balaban J connectivity index is 2.31. The lowest BCUT2D eigenvalue weighted by atomic mass is 9.86. The Morgan fingerprint density at radius 1 is 0.769 bits per heavy atom. The van der Waals surface area contributed by atoms with Crippen LogP contribution < -0.4 is 10.9 Å². The molecule has 4 rings (SSSR count). The van der Waals surface area contributed by atoms with Crippen LogP contribution in [0.3, 0.4) is 0 Å². The van der Waals surface area contributed by atoms with Crippen molar-refractivity contribution in [2.45, 2.75) is 25.7 Å². The van der Waals surface area contributed by atoms with E-state index >= 15 is 0 Å². The zero-order valence-electron chi connectivity index (χ0n) is 13.5. The van der Waals surface area contributed by atoms with Gasteiger partial charge < -0.3 is 20.2 Å². The van der Waals surface area contributed by atoms with Crippen molar-refractivity contribution in [3.63, 3.8) is 0 Å². The van der Waals surface area contributed by atoms with Crippen molar-refractivity contribution in [1.82, 2.24) is 9.97 Å². The summed E-state index contributed by atoms with van der Waals surface area (Å²) in [7, 11) is 0. The number of pyridine rings is 2. The molecule has 0 radical (unpaired) electrons. The SMILES string of the molecule is O=C(O)c1cc(=O)c2c([nH]1)c1c(c3c(=O)cc(C(=O)O)[nH]c32)CCCC1. The number of hydrogen-bond acceptors (Lipinski definition) is 4. The molecule has 0 spiro atoms. The van der Waals surface area contributed by atoms with Crippen LogP contribution in [-0.2, 0) is 12.8 Å². The van der Waals surface area contributed by atoms with Crippen molar-refractivity contribution >= 4 is 33.7 Å². The molecule has 2 heterocycles. The van der Waals surface area contributed by atoms with E-state index in [1.54, 1.807) is 0 Å². The van der Waals surface area contributed by atoms with E-state index in [-0.39, 0.29) is 22.3 Å². The number of aromatic amines is 2. The highest BCUT2D eigenvalue weighted by atomic mass is 16.4. The van der Waals surface area contributed by atoms with Gasteiger partial charge in [-0.3, -0.25) is 9.59 Å². The number of rotatable bonds is 2. The first-order valence-electron chi connectivity index (χ1n) is 8.13. The average Bonchev–Trinajstić information content (AvgIpc) is 2.60. The summed E-state index contributed by atoms with van der Waals surface area (Å²) in [6.07, 6.45) is 2.94. The van der Waals surface area contributed by atoms with E-state index in [4.69, 9.17) is 0 Å². The molecule has 0 saturated heterocycles. The van der Waals surface area contributed by atoms with E-state index in [1.807, 2.05) is 0 Å². The average molecular weight is 354 g/mol. The van der Waals surface area contributed by atoms with Crippen LogP contribution in [0.5, 0.6) is 0 Å². The summed E-state index contributed by atoms with van der Waals surface area (Å²) < 4.78 is 0. The Morgan fingerprint density at radius 2 is 1.27 bits per heavy atom. The Labute approximate surface area is 145 Å². The van der Waals surface area contributed by atoms with E-state index in [0.717, 1.165) is 36.1 Å². The molecular weight excluding hydrogens is 340 g/mol. The van der Waals surface area contributed by atoms with E-state index in [0.29, 0.717) is 23.7 Å². The summed E-state index contributed by atoms with van der Waals surface area (Å²) in [5.41, 5.74) is 0.403. The summed E-state index contributed by atoms with van der Waals surface area (Å²) in [4.78, 5) is 53.4. The van der Waals surface area contributed by atoms with E-state index in [1.165, 1.54) is 0 Å². The van der Waals surface area contributed by atoms with Gasteiger partial charge in [-0.2, -0.15) is 0 Å². The van der Waals surface area contributed by atoms with Crippen LogP contribution in [0.4, 0.5) is 0 Å². The van der Waals surface area contributed by atoms with Gasteiger partial charge in [-0.05, 0) is 36.8 Å². The zero-order valence-corrected chi connectivity index (χ0v) is 13.5. The fraction of sp³-hybridized carbons (Fsp3) is 0.222. The molecule has 2 aromatic heterocycles. The first kappa shape index (κ1) is 16.1. The van der Waals surface area contributed by atoms with Crippen LogP contribution in [0.2, 0.25) is 0 Å². The van der Waals surface area contributed by atoms with Gasteiger partial charge in [0.1, 0.15) is 11.4 Å². The molecule has 0 fully saturated rings. The molecule has 0 saturated carbocycles. The lowest BCUT2D eigenvalue weighted by Gasteiger charge is -2.20. The molecule has 0 amide bonds. The normalized spacial score (nSPS) is 13.7. The van der Waals surface area contributed by atoms with Crippen molar-refractivity contribution in [2.24, 2.45) is 0 Å². The molecule has 8 nitrogen and oxygen atoms in total. The summed E-state index contributed by atoms with van der Waals surface area (Å²) in [5, 5.41) is 18.9. The highest BCUT2D eigenvalue weighted by molar-refractivity contribution is 6.09. The zero-order chi connectivity index (χ0) is 18.6. The molecule has 0 bridgehead atoms. The van der Waals surface area contributed by atoms with E-state index < -0.39 is 22.8 Å². The molecular formula is C18H14N2O6. The predicted molar refractivity (Wildman–Crippen MR) is 93.3 cm³/mol. The van der Waals surface area contributed by atoms with Crippen LogP contribution in [0.1, 0.15) is 44.9 Å². The maximum absolute atomic E-state index is 12.6. The van der Waals surface area contributed by atoms with Gasteiger partial charge in [0.15, 0.2) is 10.9 Å². The van der Waals surface area contributed by atoms with Gasteiger partial charge in [0.25, 0.3) is 0 Å². The number of hydrogen-bond donors (Lipinski definition) is 4. The summed E-state index contributed by atoms with van der Waals surface area (Å²) in [5.74, 6) is -2.57. The van der Waals surface area contributed by atoms with Crippen molar-refractivity contribution in [3.05, 3.63) is 55.1 Å². The molecule has 132 valence electrons. The van der Waals surface area contributed by atoms with Gasteiger partial charge in [-0.1, -0.05) is 0 Å². The van der Waals surface area contributed by atoms with Crippen LogP contribution in [-0.4, -0.2) is 32.1 Å². The van der Waals surface area contributed by atoms with E-state index in [2.05, 4.69) is 9.97 Å². The number of H-pyrrole nitrogens is 2. The fourth-order valence-corrected chi connectivity index (χ4v) is 3.77. The minimum Gasteiger partial charge on any atom is -0.477 e. The number of fused-ring (bicyclic) bond motifs is 6. The van der Waals surface area contributed by atoms with Gasteiger partial charge in [-0.15, -0.1) is 0 Å². The quantitative estimate of drug-likeness (QED) is 0.516. The van der Waals surface area contributed by atoms with Gasteiger partial charge in [0.05, 0.1) is 16.4 Å². The summed E-state index contributed by atoms with van der Waals surface area (Å²) in [6, 6.07) is 1.97. The van der Waals surface area contributed by atoms with Crippen molar-refractivity contribution in [2.75, 3.05) is 0 Å². The first-order chi connectivity index (χ1) is 12.4. The van der Waals surface area contributed by atoms with Crippen molar-refractivity contribution in [1.29, 1.82) is 0 Å². The third kappa shape index (κ3) is 2.22. The summed E-state index contributed by atoms with van der Waals surface area (Å²) in [6.45, 7) is 0. The molecule has 4 N–H and O–H groups in total. The topological polar surface area (TPSA) is 140 Å². The number of aryl methyl sites for hydroxylation is 2. The van der Waals surface area contributed by atoms with Gasteiger partial charge in [0, 0.05) is 17.5 Å². The maximum Gasteiger partial charge on any atom is 0.352 e. The minimum absolute atomic E-state index is 0.117. The smallest absolute Gasteiger partial charge is 0.352 e. The van der Waals surface area contributed by atoms with Crippen LogP contribution >= 0.6 is 0 Å². The van der Waals surface area contributed by atoms with Crippen molar-refractivity contribution in [3.8, 4) is 0 Å². The highest BCUT2D eigenvalue weighted by Gasteiger charge is 2.23. The lowest BCUT2D eigenvalue weighted by Crippen LogP contribution is -2.19. The van der Waals surface area contributed by atoms with Crippen LogP contribution in [0.15, 0.2) is 21.7 Å². The highest BCUT2D eigenvalue weighted by Crippen LogP contribution is 2.33. The Kier molecular flexibility index (Phi) is 3.43. The molecule has 0 unspecified atom stereocenters. The van der Waals surface area contributed by atoms with Gasteiger partial charge in [0.2, 0.25) is 0 Å². The van der Waals surface area contributed by atoms with Crippen LogP contribution in [0.25, 0.3) is 21.8 Å². The second kappa shape index (κ2) is 5.55. The molecule has 1 aromatic carbocycles. The standard InChI is InChI=1S/C18H14N2O6/c21-11-5-10(18(25)26)20-16-13(11)7-3-1-2-4-8(7)15-14(16)12(22)6-9(19-15)17(23)24/h5-6H,1-4H2,(H,19,22)(H,20,21)(H,23,24)(H,25,26). The van der Waals surface area contributed by atoms with Gasteiger partial charge >= 0.3 is 11.9 Å². The third-order valence-corrected chi connectivity index (χ3v) is 4.85. The molecule has 1 aliphatic carbocycles. The largest absolute Gasteiger partial charge is 0.477 e. The number of aromatic carboxylic acids is 2. The van der Waals surface area contributed by atoms with Crippen LogP contribution in [0, 0.1) is 0 Å². The lowest BCUT2D eigenvalue weighted by molar-refractivity contribution is 0.0680. The monoisotopic (exact) mass is 354 g/mol. The first-order valence-corrected chi connectivity index (χ1v) is 8.13. The number of benzene rings is 1. The van der Waals surface area contributed by atoms with Gasteiger partial charge in [-0.25, -0.2) is 9.59 Å². The molecule has 8 heteroatoms. The Bertz CT molecular complexity index is 1230. The number of carboxylic acids is 2. The molecule has 0 aliphatic heterocycles. The minimum atomic E-state index is -1.31. The molecule has 1 aliphatic rings. The number of carboxylic acid groups (broad SMARTS) is 2. The maximum atomic E-state index is 12.6. The fourth-order valence-electron chi connectivity index (χ4n) is 3.77.